The molecule has 9 heteroatoms. The molecule has 1 aromatic heterocycles. The van der Waals surface area contributed by atoms with Crippen molar-refractivity contribution in [3.8, 4) is 11.5 Å². The summed E-state index contributed by atoms with van der Waals surface area (Å²) in [7, 11) is -0.118. The van der Waals surface area contributed by atoms with E-state index in [0.29, 0.717) is 40.4 Å². The predicted molar refractivity (Wildman–Crippen MR) is 127 cm³/mol. The first-order chi connectivity index (χ1) is 14.8. The third-order valence-corrected chi connectivity index (χ3v) is 9.13. The summed E-state index contributed by atoms with van der Waals surface area (Å²) in [6, 6.07) is 10.8. The van der Waals surface area contributed by atoms with Gasteiger partial charge in [0.25, 0.3) is 10.0 Å². The van der Waals surface area contributed by atoms with Crippen LogP contribution in [-0.4, -0.2) is 46.7 Å². The Morgan fingerprint density at radius 1 is 1.23 bits per heavy atom. The molecule has 2 heterocycles. The zero-order chi connectivity index (χ0) is 22.2. The molecule has 31 heavy (non-hydrogen) atoms. The molecule has 3 aromatic rings. The largest absolute Gasteiger partial charge is 0.493 e. The zero-order valence-corrected chi connectivity index (χ0v) is 20.0. The second-order valence-corrected chi connectivity index (χ2v) is 11.1. The molecule has 0 aliphatic carbocycles. The van der Waals surface area contributed by atoms with Gasteiger partial charge in [0.15, 0.2) is 11.5 Å². The molecule has 1 fully saturated rings. The average molecular weight is 481 g/mol. The molecule has 1 aliphatic heterocycles. The van der Waals surface area contributed by atoms with Crippen molar-refractivity contribution >= 4 is 48.7 Å². The molecule has 2 aromatic carbocycles. The van der Waals surface area contributed by atoms with Gasteiger partial charge in [-0.1, -0.05) is 11.6 Å². The van der Waals surface area contributed by atoms with E-state index < -0.39 is 10.0 Å². The molecule has 0 radical (unpaired) electrons. The quantitative estimate of drug-likeness (QED) is 0.506. The molecule has 166 valence electrons. The van der Waals surface area contributed by atoms with Crippen molar-refractivity contribution in [2.45, 2.75) is 30.0 Å². The Labute approximate surface area is 191 Å². The van der Waals surface area contributed by atoms with Crippen LogP contribution < -0.4 is 14.2 Å². The van der Waals surface area contributed by atoms with Gasteiger partial charge >= 0.3 is 0 Å². The van der Waals surface area contributed by atoms with Crippen LogP contribution in [0.15, 0.2) is 40.6 Å². The van der Waals surface area contributed by atoms with Crippen LogP contribution in [0.25, 0.3) is 10.1 Å². The first kappa shape index (κ1) is 22.2. The lowest BCUT2D eigenvalue weighted by Gasteiger charge is -2.21. The van der Waals surface area contributed by atoms with E-state index in [1.807, 2.05) is 6.07 Å². The second kappa shape index (κ2) is 8.86. The van der Waals surface area contributed by atoms with Gasteiger partial charge in [-0.25, -0.2) is 8.42 Å². The Morgan fingerprint density at radius 3 is 2.74 bits per heavy atom. The molecule has 4 rings (SSSR count). The minimum Gasteiger partial charge on any atom is -0.493 e. The third kappa shape index (κ3) is 4.62. The van der Waals surface area contributed by atoms with Crippen molar-refractivity contribution in [1.82, 2.24) is 4.90 Å². The van der Waals surface area contributed by atoms with Crippen LogP contribution in [0.2, 0.25) is 5.02 Å². The summed E-state index contributed by atoms with van der Waals surface area (Å²) in [5.74, 6) is 1.08. The van der Waals surface area contributed by atoms with Gasteiger partial charge < -0.3 is 14.4 Å². The highest BCUT2D eigenvalue weighted by molar-refractivity contribution is 7.94. The van der Waals surface area contributed by atoms with Gasteiger partial charge in [-0.15, -0.1) is 11.3 Å². The SMILES string of the molecule is COc1ccc(NS(=O)(=O)c2sc3ccc(Cl)cc3c2C)cc1OC[C@@H]1CCCN1C. The monoisotopic (exact) mass is 480 g/mol. The summed E-state index contributed by atoms with van der Waals surface area (Å²) >= 11 is 7.31. The van der Waals surface area contributed by atoms with Gasteiger partial charge in [0.1, 0.15) is 10.8 Å². The van der Waals surface area contributed by atoms with Crippen molar-refractivity contribution in [2.75, 3.05) is 32.0 Å². The summed E-state index contributed by atoms with van der Waals surface area (Å²) in [5, 5.41) is 1.42. The van der Waals surface area contributed by atoms with Crippen LogP contribution in [0, 0.1) is 6.92 Å². The fourth-order valence-corrected chi connectivity index (χ4v) is 6.83. The van der Waals surface area contributed by atoms with E-state index in [1.165, 1.54) is 11.3 Å². The summed E-state index contributed by atoms with van der Waals surface area (Å²) < 4.78 is 41.5. The summed E-state index contributed by atoms with van der Waals surface area (Å²) in [6.07, 6.45) is 2.24. The molecule has 1 N–H and O–H groups in total. The van der Waals surface area contributed by atoms with Crippen LogP contribution in [-0.2, 0) is 10.0 Å². The smallest absolute Gasteiger partial charge is 0.271 e. The third-order valence-electron chi connectivity index (χ3n) is 5.62. The Morgan fingerprint density at radius 2 is 2.03 bits per heavy atom. The van der Waals surface area contributed by atoms with E-state index in [2.05, 4.69) is 16.7 Å². The number of rotatable bonds is 7. The molecule has 0 spiro atoms. The summed E-state index contributed by atoms with van der Waals surface area (Å²) in [6.45, 7) is 3.38. The fraction of sp³-hybridized carbons (Fsp3) is 0.364. The molecule has 1 atom stereocenters. The second-order valence-electron chi connectivity index (χ2n) is 7.71. The molecular formula is C22H25ClN2O4S2. The van der Waals surface area contributed by atoms with Crippen LogP contribution >= 0.6 is 22.9 Å². The number of ether oxygens (including phenoxy) is 2. The van der Waals surface area contributed by atoms with E-state index in [1.54, 1.807) is 44.4 Å². The number of nitrogens with one attached hydrogen (secondary N) is 1. The van der Waals surface area contributed by atoms with Gasteiger partial charge in [-0.05, 0) is 74.6 Å². The number of fused-ring (bicyclic) bond motifs is 1. The number of likely N-dealkylation sites (tertiary alicyclic amines) is 1. The molecule has 0 saturated carbocycles. The average Bonchev–Trinajstić information content (AvgIpc) is 3.29. The van der Waals surface area contributed by atoms with E-state index >= 15 is 0 Å². The number of anilines is 1. The molecular weight excluding hydrogens is 456 g/mol. The van der Waals surface area contributed by atoms with Gasteiger partial charge in [-0.3, -0.25) is 4.72 Å². The van der Waals surface area contributed by atoms with E-state index in [4.69, 9.17) is 21.1 Å². The zero-order valence-electron chi connectivity index (χ0n) is 17.6. The standard InChI is InChI=1S/C22H25ClN2O4S2/c1-14-18-11-15(23)6-9-21(18)30-22(14)31(26,27)24-16-7-8-19(28-3)20(12-16)29-13-17-5-4-10-25(17)2/h6-9,11-12,17,24H,4-5,10,13H2,1-3H3/t17-/m0/s1. The predicted octanol–water partition coefficient (Wildman–Crippen LogP) is 5.15. The molecule has 1 aliphatic rings. The molecule has 0 unspecified atom stereocenters. The number of likely N-dealkylation sites (N-methyl/N-ethyl adjacent to an activating group) is 1. The molecule has 0 amide bonds. The Bertz CT molecular complexity index is 1210. The highest BCUT2D eigenvalue weighted by Gasteiger charge is 2.24. The van der Waals surface area contributed by atoms with Crippen molar-refractivity contribution in [3.05, 3.63) is 47.0 Å². The van der Waals surface area contributed by atoms with Gasteiger partial charge in [0.05, 0.1) is 12.8 Å². The van der Waals surface area contributed by atoms with Gasteiger partial charge in [0, 0.05) is 21.8 Å². The lowest BCUT2D eigenvalue weighted by atomic mass is 10.2. The lowest BCUT2D eigenvalue weighted by molar-refractivity contribution is 0.193. The van der Waals surface area contributed by atoms with Gasteiger partial charge in [-0.2, -0.15) is 0 Å². The van der Waals surface area contributed by atoms with Crippen LogP contribution in [0.1, 0.15) is 18.4 Å². The maximum absolute atomic E-state index is 13.1. The van der Waals surface area contributed by atoms with Crippen molar-refractivity contribution in [3.63, 3.8) is 0 Å². The van der Waals surface area contributed by atoms with E-state index in [0.717, 1.165) is 29.5 Å². The maximum Gasteiger partial charge on any atom is 0.271 e. The number of hydrogen-bond donors (Lipinski definition) is 1. The maximum atomic E-state index is 13.1. The lowest BCUT2D eigenvalue weighted by Crippen LogP contribution is -2.30. The number of halogens is 1. The number of benzene rings is 2. The van der Waals surface area contributed by atoms with Gasteiger partial charge in [0.2, 0.25) is 0 Å². The fourth-order valence-electron chi connectivity index (χ4n) is 3.86. The van der Waals surface area contributed by atoms with Crippen molar-refractivity contribution in [2.24, 2.45) is 0 Å². The minimum atomic E-state index is -3.77. The Balaban J connectivity index is 1.59. The number of thiophene rings is 1. The number of sulfonamides is 1. The number of methoxy groups -OCH3 is 1. The normalized spacial score (nSPS) is 17.2. The number of hydrogen-bond acceptors (Lipinski definition) is 6. The van der Waals surface area contributed by atoms with E-state index in [9.17, 15) is 8.42 Å². The first-order valence-electron chi connectivity index (χ1n) is 10.0. The summed E-state index contributed by atoms with van der Waals surface area (Å²) in [4.78, 5) is 2.27. The van der Waals surface area contributed by atoms with Crippen LogP contribution in [0.3, 0.4) is 0 Å². The van der Waals surface area contributed by atoms with Crippen LogP contribution in [0.5, 0.6) is 11.5 Å². The highest BCUT2D eigenvalue weighted by Crippen LogP contribution is 2.37. The Kier molecular flexibility index (Phi) is 6.35. The minimum absolute atomic E-state index is 0.274. The highest BCUT2D eigenvalue weighted by atomic mass is 35.5. The topological polar surface area (TPSA) is 67.9 Å². The Hall–Kier alpha value is -2.00. The summed E-state index contributed by atoms with van der Waals surface area (Å²) in [5.41, 5.74) is 1.11. The number of aryl methyl sites for hydroxylation is 1. The molecule has 0 bridgehead atoms. The van der Waals surface area contributed by atoms with Crippen molar-refractivity contribution in [1.29, 1.82) is 0 Å². The van der Waals surface area contributed by atoms with Crippen molar-refractivity contribution < 1.29 is 17.9 Å². The molecule has 6 nitrogen and oxygen atoms in total. The first-order valence-corrected chi connectivity index (χ1v) is 12.7. The van der Waals surface area contributed by atoms with E-state index in [-0.39, 0.29) is 4.21 Å². The van der Waals surface area contributed by atoms with Crippen LogP contribution in [0.4, 0.5) is 5.69 Å². The number of nitrogens with zero attached hydrogens (tertiary/aromatic N) is 1. The molecule has 1 saturated heterocycles.